The van der Waals surface area contributed by atoms with Crippen LogP contribution in [-0.2, 0) is 11.3 Å². The third kappa shape index (κ3) is 5.35. The molecule has 0 heterocycles. The first kappa shape index (κ1) is 19.0. The fraction of sp³-hybridized carbons (Fsp3) is 0.250. The molecule has 6 nitrogen and oxygen atoms in total. The molecule has 0 radical (unpaired) electrons. The van der Waals surface area contributed by atoms with E-state index in [0.717, 1.165) is 5.56 Å². The molecule has 6 heteroatoms. The summed E-state index contributed by atoms with van der Waals surface area (Å²) in [6.45, 7) is 0.372. The van der Waals surface area contributed by atoms with Crippen molar-refractivity contribution in [3.05, 3.63) is 53.6 Å². The van der Waals surface area contributed by atoms with Gasteiger partial charge in [0.1, 0.15) is 6.61 Å². The van der Waals surface area contributed by atoms with Crippen LogP contribution in [-0.4, -0.2) is 34.0 Å². The third-order valence-electron chi connectivity index (χ3n) is 3.43. The van der Waals surface area contributed by atoms with Crippen LogP contribution in [0, 0.1) is 11.8 Å². The van der Waals surface area contributed by atoms with Gasteiger partial charge in [0.15, 0.2) is 11.5 Å². The zero-order chi connectivity index (χ0) is 18.8. The second-order valence-electron chi connectivity index (χ2n) is 5.13. The minimum Gasteiger partial charge on any atom is -0.493 e. The Bertz CT molecular complexity index is 768. The molecule has 1 N–H and O–H groups in total. The van der Waals surface area contributed by atoms with Gasteiger partial charge in [-0.25, -0.2) is 4.79 Å². The van der Waals surface area contributed by atoms with E-state index in [1.54, 1.807) is 26.4 Å². The largest absolute Gasteiger partial charge is 0.493 e. The Morgan fingerprint density at radius 1 is 1.00 bits per heavy atom. The van der Waals surface area contributed by atoms with Crippen molar-refractivity contribution in [1.82, 2.24) is 5.32 Å². The first-order chi connectivity index (χ1) is 12.7. The molecule has 2 aromatic carbocycles. The molecule has 26 heavy (non-hydrogen) atoms. The zero-order valence-corrected chi connectivity index (χ0v) is 15.0. The summed E-state index contributed by atoms with van der Waals surface area (Å²) in [6, 6.07) is 12.9. The second-order valence-corrected chi connectivity index (χ2v) is 5.13. The first-order valence-electron chi connectivity index (χ1n) is 7.91. The second kappa shape index (κ2) is 9.84. The van der Waals surface area contributed by atoms with E-state index < -0.39 is 6.09 Å². The summed E-state index contributed by atoms with van der Waals surface area (Å²) in [7, 11) is 4.62. The van der Waals surface area contributed by atoms with Gasteiger partial charge < -0.3 is 24.3 Å². The van der Waals surface area contributed by atoms with Gasteiger partial charge in [-0.15, -0.1) is 0 Å². The monoisotopic (exact) mass is 355 g/mol. The summed E-state index contributed by atoms with van der Waals surface area (Å²) in [4.78, 5) is 11.7. The molecule has 0 aliphatic rings. The van der Waals surface area contributed by atoms with Crippen molar-refractivity contribution in [2.75, 3.05) is 27.9 Å². The van der Waals surface area contributed by atoms with E-state index in [9.17, 15) is 4.79 Å². The molecule has 2 rings (SSSR count). The highest BCUT2D eigenvalue weighted by atomic mass is 16.5. The Morgan fingerprint density at radius 3 is 2.23 bits per heavy atom. The molecule has 0 unspecified atom stereocenters. The van der Waals surface area contributed by atoms with Crippen LogP contribution < -0.4 is 19.5 Å². The molecular formula is C20H21NO5. The molecule has 1 amide bonds. The van der Waals surface area contributed by atoms with Crippen LogP contribution in [0.1, 0.15) is 11.1 Å². The highest BCUT2D eigenvalue weighted by Gasteiger charge is 2.12. The number of amides is 1. The lowest BCUT2D eigenvalue weighted by Gasteiger charge is -2.12. The number of alkyl carbamates (subject to hydrolysis) is 1. The van der Waals surface area contributed by atoms with Crippen LogP contribution in [0.25, 0.3) is 0 Å². The van der Waals surface area contributed by atoms with Gasteiger partial charge >= 0.3 is 6.09 Å². The Kier molecular flexibility index (Phi) is 7.19. The molecule has 0 saturated carbocycles. The van der Waals surface area contributed by atoms with Gasteiger partial charge in [-0.1, -0.05) is 42.2 Å². The lowest BCUT2D eigenvalue weighted by molar-refractivity contribution is 0.141. The maximum absolute atomic E-state index is 11.7. The number of carbonyl (C=O) groups is 1. The van der Waals surface area contributed by atoms with Crippen molar-refractivity contribution in [2.45, 2.75) is 6.61 Å². The van der Waals surface area contributed by atoms with Crippen LogP contribution in [0.5, 0.6) is 17.2 Å². The Hall–Kier alpha value is -3.33. The van der Waals surface area contributed by atoms with Crippen molar-refractivity contribution in [3.63, 3.8) is 0 Å². The molecule has 0 atom stereocenters. The summed E-state index contributed by atoms with van der Waals surface area (Å²) in [5.41, 5.74) is 1.60. The fourth-order valence-corrected chi connectivity index (χ4v) is 2.19. The quantitative estimate of drug-likeness (QED) is 0.807. The predicted molar refractivity (Wildman–Crippen MR) is 97.6 cm³/mol. The van der Waals surface area contributed by atoms with Gasteiger partial charge in [-0.3, -0.25) is 0 Å². The van der Waals surface area contributed by atoms with E-state index in [-0.39, 0.29) is 13.2 Å². The van der Waals surface area contributed by atoms with Crippen LogP contribution in [0.2, 0.25) is 0 Å². The predicted octanol–water partition coefficient (Wildman–Crippen LogP) is 2.99. The summed E-state index contributed by atoms with van der Waals surface area (Å²) in [5, 5.41) is 2.58. The zero-order valence-electron chi connectivity index (χ0n) is 15.0. The lowest BCUT2D eigenvalue weighted by Crippen LogP contribution is -2.24. The minimum atomic E-state index is -0.520. The van der Waals surface area contributed by atoms with Crippen LogP contribution >= 0.6 is 0 Å². The summed E-state index contributed by atoms with van der Waals surface area (Å²) in [6.07, 6.45) is -0.520. The van der Waals surface area contributed by atoms with Crippen molar-refractivity contribution in [3.8, 4) is 29.1 Å². The van der Waals surface area contributed by atoms with Crippen molar-refractivity contribution in [2.24, 2.45) is 0 Å². The normalized spacial score (nSPS) is 9.50. The number of nitrogens with one attached hydrogen (secondary N) is 1. The molecule has 0 aliphatic carbocycles. The maximum Gasteiger partial charge on any atom is 0.408 e. The van der Waals surface area contributed by atoms with Gasteiger partial charge in [0.05, 0.1) is 27.9 Å². The van der Waals surface area contributed by atoms with E-state index in [1.165, 1.54) is 7.11 Å². The van der Waals surface area contributed by atoms with E-state index in [0.29, 0.717) is 22.8 Å². The Morgan fingerprint density at radius 2 is 1.65 bits per heavy atom. The topological polar surface area (TPSA) is 66.0 Å². The Balaban J connectivity index is 1.90. The van der Waals surface area contributed by atoms with Gasteiger partial charge in [0, 0.05) is 5.56 Å². The molecule has 0 fully saturated rings. The number of ether oxygens (including phenoxy) is 4. The van der Waals surface area contributed by atoms with Gasteiger partial charge in [-0.2, -0.15) is 0 Å². The first-order valence-corrected chi connectivity index (χ1v) is 7.91. The smallest absolute Gasteiger partial charge is 0.408 e. The molecule has 0 spiro atoms. The van der Waals surface area contributed by atoms with Gasteiger partial charge in [0.2, 0.25) is 5.75 Å². The third-order valence-corrected chi connectivity index (χ3v) is 3.43. The SMILES string of the molecule is COc1cc(C#CCNC(=O)OCc2ccccc2)cc(OC)c1OC. The van der Waals surface area contributed by atoms with Gasteiger partial charge in [-0.05, 0) is 17.7 Å². The molecule has 2 aromatic rings. The minimum absolute atomic E-state index is 0.157. The van der Waals surface area contributed by atoms with E-state index in [4.69, 9.17) is 18.9 Å². The van der Waals surface area contributed by atoms with Crippen LogP contribution in [0.3, 0.4) is 0 Å². The van der Waals surface area contributed by atoms with E-state index >= 15 is 0 Å². The fourth-order valence-electron chi connectivity index (χ4n) is 2.19. The number of benzene rings is 2. The standard InChI is InChI=1S/C20H21NO5/c1-23-17-12-16(13-18(24-2)19(17)25-3)10-7-11-21-20(22)26-14-15-8-5-4-6-9-15/h4-6,8-9,12-13H,11,14H2,1-3H3,(H,21,22). The summed E-state index contributed by atoms with van der Waals surface area (Å²) in [5.74, 6) is 7.34. The number of carbonyl (C=O) groups excluding carboxylic acids is 1. The molecule has 0 aliphatic heterocycles. The van der Waals surface area contributed by atoms with Gasteiger partial charge in [0.25, 0.3) is 0 Å². The average Bonchev–Trinajstić information content (AvgIpc) is 2.69. The average molecular weight is 355 g/mol. The van der Waals surface area contributed by atoms with E-state index in [1.807, 2.05) is 30.3 Å². The van der Waals surface area contributed by atoms with Crippen molar-refractivity contribution < 1.29 is 23.7 Å². The van der Waals surface area contributed by atoms with Crippen LogP contribution in [0.4, 0.5) is 4.79 Å². The van der Waals surface area contributed by atoms with Crippen molar-refractivity contribution >= 4 is 6.09 Å². The Labute approximate surface area is 153 Å². The molecule has 0 bridgehead atoms. The number of rotatable bonds is 6. The summed E-state index contributed by atoms with van der Waals surface area (Å²) < 4.78 is 20.9. The highest BCUT2D eigenvalue weighted by Crippen LogP contribution is 2.37. The lowest BCUT2D eigenvalue weighted by atomic mass is 10.2. The summed E-state index contributed by atoms with van der Waals surface area (Å²) >= 11 is 0. The van der Waals surface area contributed by atoms with E-state index in [2.05, 4.69) is 17.2 Å². The number of hydrogen-bond donors (Lipinski definition) is 1. The van der Waals surface area contributed by atoms with Crippen molar-refractivity contribution in [1.29, 1.82) is 0 Å². The highest BCUT2D eigenvalue weighted by molar-refractivity contribution is 5.67. The number of hydrogen-bond acceptors (Lipinski definition) is 5. The number of methoxy groups -OCH3 is 3. The molecular weight excluding hydrogens is 334 g/mol. The molecule has 0 aromatic heterocycles. The maximum atomic E-state index is 11.7. The molecule has 0 saturated heterocycles. The molecule has 136 valence electrons. The van der Waals surface area contributed by atoms with Crippen LogP contribution in [0.15, 0.2) is 42.5 Å².